The van der Waals surface area contributed by atoms with Gasteiger partial charge in [0.05, 0.1) is 4.90 Å². The highest BCUT2D eigenvalue weighted by Gasteiger charge is 2.18. The molecule has 2 N–H and O–H groups in total. The van der Waals surface area contributed by atoms with Gasteiger partial charge < -0.3 is 5.11 Å². The number of sulfonamides is 1. The van der Waals surface area contributed by atoms with Crippen LogP contribution in [-0.2, 0) is 10.0 Å². The molecule has 2 rings (SSSR count). The molecule has 0 saturated heterocycles. The number of hydrogen-bond donors (Lipinski definition) is 2. The lowest BCUT2D eigenvalue weighted by atomic mass is 10.1. The summed E-state index contributed by atoms with van der Waals surface area (Å²) < 4.78 is 27.0. The fraction of sp³-hybridized carbons (Fsp3) is 0.200. The molecule has 0 aliphatic carbocycles. The Morgan fingerprint density at radius 2 is 1.75 bits per heavy atom. The molecule has 2 aromatic carbocycles. The van der Waals surface area contributed by atoms with Gasteiger partial charge in [-0.15, -0.1) is 0 Å². The molecule has 106 valence electrons. The third-order valence-corrected chi connectivity index (χ3v) is 4.66. The first-order valence-electron chi connectivity index (χ1n) is 6.27. The summed E-state index contributed by atoms with van der Waals surface area (Å²) in [5, 5.41) is 9.50. The van der Waals surface area contributed by atoms with E-state index in [1.165, 1.54) is 0 Å². The van der Waals surface area contributed by atoms with Crippen molar-refractivity contribution in [2.75, 3.05) is 0 Å². The second-order valence-electron chi connectivity index (χ2n) is 4.70. The Kier molecular flexibility index (Phi) is 4.11. The third kappa shape index (κ3) is 3.18. The summed E-state index contributed by atoms with van der Waals surface area (Å²) >= 11 is 0. The summed E-state index contributed by atoms with van der Waals surface area (Å²) in [4.78, 5) is 0.238. The zero-order chi connectivity index (χ0) is 14.8. The summed E-state index contributed by atoms with van der Waals surface area (Å²) in [7, 11) is -3.54. The summed E-state index contributed by atoms with van der Waals surface area (Å²) in [6.45, 7) is 3.55. The minimum Gasteiger partial charge on any atom is -0.508 e. The van der Waals surface area contributed by atoms with Crippen molar-refractivity contribution < 1.29 is 13.5 Å². The smallest absolute Gasteiger partial charge is 0.241 e. The molecule has 5 heteroatoms. The minimum absolute atomic E-state index is 0.201. The predicted octanol–water partition coefficient (Wildman–Crippen LogP) is 2.74. The number of benzene rings is 2. The van der Waals surface area contributed by atoms with E-state index in [-0.39, 0.29) is 16.7 Å². The highest BCUT2D eigenvalue weighted by molar-refractivity contribution is 7.89. The van der Waals surface area contributed by atoms with Crippen LogP contribution in [0.3, 0.4) is 0 Å². The van der Waals surface area contributed by atoms with Gasteiger partial charge in [0.2, 0.25) is 10.0 Å². The van der Waals surface area contributed by atoms with Crippen molar-refractivity contribution >= 4 is 10.0 Å². The molecule has 0 amide bonds. The van der Waals surface area contributed by atoms with Gasteiger partial charge in [0, 0.05) is 6.04 Å². The van der Waals surface area contributed by atoms with E-state index in [2.05, 4.69) is 4.72 Å². The Labute approximate surface area is 119 Å². The third-order valence-electron chi connectivity index (χ3n) is 3.11. The molecule has 0 aliphatic rings. The number of phenolic OH excluding ortho intramolecular Hbond substituents is 1. The van der Waals surface area contributed by atoms with Gasteiger partial charge in [-0.25, -0.2) is 13.1 Å². The molecule has 20 heavy (non-hydrogen) atoms. The van der Waals surface area contributed by atoms with Crippen LogP contribution in [-0.4, -0.2) is 13.5 Å². The molecule has 0 saturated carbocycles. The molecule has 4 nitrogen and oxygen atoms in total. The van der Waals surface area contributed by atoms with Gasteiger partial charge in [0.25, 0.3) is 0 Å². The lowest BCUT2D eigenvalue weighted by Crippen LogP contribution is -2.26. The van der Waals surface area contributed by atoms with Crippen molar-refractivity contribution in [2.45, 2.75) is 24.8 Å². The maximum atomic E-state index is 12.2. The van der Waals surface area contributed by atoms with Crippen molar-refractivity contribution in [3.8, 4) is 5.75 Å². The van der Waals surface area contributed by atoms with E-state index in [1.807, 2.05) is 0 Å². The lowest BCUT2D eigenvalue weighted by molar-refractivity contribution is 0.470. The molecule has 0 radical (unpaired) electrons. The topological polar surface area (TPSA) is 66.4 Å². The van der Waals surface area contributed by atoms with Crippen LogP contribution in [0.25, 0.3) is 0 Å². The summed E-state index contributed by atoms with van der Waals surface area (Å²) in [5.41, 5.74) is 1.52. The standard InChI is InChI=1S/C15H17NO3S/c1-11-10-13(8-9-15(11)17)12(2)16-20(18,19)14-6-4-3-5-7-14/h3-10,12,16-17H,1-2H3. The van der Waals surface area contributed by atoms with Crippen LogP contribution in [0.2, 0.25) is 0 Å². The van der Waals surface area contributed by atoms with Crippen LogP contribution in [0.4, 0.5) is 0 Å². The molecule has 0 aliphatic heterocycles. The molecule has 0 bridgehead atoms. The van der Waals surface area contributed by atoms with Crippen LogP contribution in [0, 0.1) is 6.92 Å². The van der Waals surface area contributed by atoms with Gasteiger partial charge in [-0.2, -0.15) is 0 Å². The van der Waals surface area contributed by atoms with E-state index in [0.29, 0.717) is 5.56 Å². The number of rotatable bonds is 4. The second kappa shape index (κ2) is 5.64. The molecule has 0 spiro atoms. The molecule has 1 unspecified atom stereocenters. The van der Waals surface area contributed by atoms with Crippen LogP contribution in [0.15, 0.2) is 53.4 Å². The van der Waals surface area contributed by atoms with Gasteiger partial charge >= 0.3 is 0 Å². The van der Waals surface area contributed by atoms with Crippen LogP contribution in [0.5, 0.6) is 5.75 Å². The fourth-order valence-corrected chi connectivity index (χ4v) is 3.17. The van der Waals surface area contributed by atoms with Gasteiger partial charge in [-0.3, -0.25) is 0 Å². The Hall–Kier alpha value is -1.85. The molecular weight excluding hydrogens is 274 g/mol. The van der Waals surface area contributed by atoms with Crippen molar-refractivity contribution in [1.82, 2.24) is 4.72 Å². The van der Waals surface area contributed by atoms with Crippen molar-refractivity contribution in [3.63, 3.8) is 0 Å². The van der Waals surface area contributed by atoms with E-state index in [0.717, 1.165) is 5.56 Å². The zero-order valence-corrected chi connectivity index (χ0v) is 12.2. The monoisotopic (exact) mass is 291 g/mol. The first-order valence-corrected chi connectivity index (χ1v) is 7.75. The van der Waals surface area contributed by atoms with Gasteiger partial charge in [-0.1, -0.05) is 30.3 Å². The number of aromatic hydroxyl groups is 1. The van der Waals surface area contributed by atoms with E-state index in [1.54, 1.807) is 62.4 Å². The van der Waals surface area contributed by atoms with Crippen molar-refractivity contribution in [2.24, 2.45) is 0 Å². The van der Waals surface area contributed by atoms with Gasteiger partial charge in [0.15, 0.2) is 0 Å². The zero-order valence-electron chi connectivity index (χ0n) is 11.4. The number of nitrogens with one attached hydrogen (secondary N) is 1. The molecule has 0 aromatic heterocycles. The van der Waals surface area contributed by atoms with E-state index in [4.69, 9.17) is 0 Å². The first kappa shape index (κ1) is 14.6. The Bertz CT molecular complexity index is 696. The van der Waals surface area contributed by atoms with Crippen molar-refractivity contribution in [1.29, 1.82) is 0 Å². The molecule has 2 aromatic rings. The van der Waals surface area contributed by atoms with E-state index < -0.39 is 10.0 Å². The second-order valence-corrected chi connectivity index (χ2v) is 6.42. The summed E-state index contributed by atoms with van der Waals surface area (Å²) in [6.07, 6.45) is 0. The largest absolute Gasteiger partial charge is 0.508 e. The van der Waals surface area contributed by atoms with Gasteiger partial charge in [0.1, 0.15) is 5.75 Å². The maximum absolute atomic E-state index is 12.2. The average molecular weight is 291 g/mol. The SMILES string of the molecule is Cc1cc(C(C)NS(=O)(=O)c2ccccc2)ccc1O. The molecule has 0 heterocycles. The highest BCUT2D eigenvalue weighted by atomic mass is 32.2. The van der Waals surface area contributed by atoms with Crippen LogP contribution in [0.1, 0.15) is 24.1 Å². The molecule has 0 fully saturated rings. The maximum Gasteiger partial charge on any atom is 0.241 e. The Morgan fingerprint density at radius 3 is 2.35 bits per heavy atom. The number of phenols is 1. The number of hydrogen-bond acceptors (Lipinski definition) is 3. The predicted molar refractivity (Wildman–Crippen MR) is 78.0 cm³/mol. The Morgan fingerprint density at radius 1 is 1.10 bits per heavy atom. The van der Waals surface area contributed by atoms with Crippen LogP contribution >= 0.6 is 0 Å². The molecular formula is C15H17NO3S. The van der Waals surface area contributed by atoms with Crippen LogP contribution < -0.4 is 4.72 Å². The normalized spacial score (nSPS) is 13.1. The average Bonchev–Trinajstić information content (AvgIpc) is 2.42. The summed E-state index contributed by atoms with van der Waals surface area (Å²) in [6, 6.07) is 12.9. The Balaban J connectivity index is 2.23. The highest BCUT2D eigenvalue weighted by Crippen LogP contribution is 2.22. The van der Waals surface area contributed by atoms with Gasteiger partial charge in [-0.05, 0) is 43.2 Å². The summed E-state index contributed by atoms with van der Waals surface area (Å²) in [5.74, 6) is 0.201. The lowest BCUT2D eigenvalue weighted by Gasteiger charge is -2.15. The molecule has 1 atom stereocenters. The number of aryl methyl sites for hydroxylation is 1. The van der Waals surface area contributed by atoms with Crippen molar-refractivity contribution in [3.05, 3.63) is 59.7 Å². The quantitative estimate of drug-likeness (QED) is 0.910. The first-order chi connectivity index (χ1) is 9.40. The minimum atomic E-state index is -3.54. The fourth-order valence-electron chi connectivity index (χ4n) is 1.92. The van der Waals surface area contributed by atoms with E-state index >= 15 is 0 Å². The van der Waals surface area contributed by atoms with E-state index in [9.17, 15) is 13.5 Å².